The fourth-order valence-corrected chi connectivity index (χ4v) is 3.62. The van der Waals surface area contributed by atoms with E-state index in [0.29, 0.717) is 29.5 Å². The lowest BCUT2D eigenvalue weighted by atomic mass is 10.0. The lowest BCUT2D eigenvalue weighted by Gasteiger charge is -2.40. The zero-order chi connectivity index (χ0) is 16.3. The molecule has 0 bridgehead atoms. The first-order valence-corrected chi connectivity index (χ1v) is 9.11. The van der Waals surface area contributed by atoms with E-state index in [9.17, 15) is 9.00 Å². The molecule has 1 saturated heterocycles. The third-order valence-electron chi connectivity index (χ3n) is 4.05. The van der Waals surface area contributed by atoms with Crippen LogP contribution in [0.3, 0.4) is 0 Å². The fourth-order valence-electron chi connectivity index (χ4n) is 2.57. The Morgan fingerprint density at radius 2 is 2.09 bits per heavy atom. The number of nitrogens with one attached hydrogen (secondary N) is 1. The van der Waals surface area contributed by atoms with Gasteiger partial charge in [-0.1, -0.05) is 13.8 Å². The van der Waals surface area contributed by atoms with Gasteiger partial charge in [0, 0.05) is 53.4 Å². The number of oxazole rings is 1. The van der Waals surface area contributed by atoms with Crippen molar-refractivity contribution in [2.75, 3.05) is 31.1 Å². The van der Waals surface area contributed by atoms with E-state index >= 15 is 0 Å². The molecule has 2 rings (SSSR count). The van der Waals surface area contributed by atoms with Crippen molar-refractivity contribution in [1.29, 1.82) is 0 Å². The third-order valence-corrected chi connectivity index (χ3v) is 5.33. The Hall–Kier alpha value is -1.21. The maximum atomic E-state index is 12.3. The Balaban J connectivity index is 1.95. The summed E-state index contributed by atoms with van der Waals surface area (Å²) >= 11 is 0. The summed E-state index contributed by atoms with van der Waals surface area (Å²) in [5.74, 6) is 1.94. The summed E-state index contributed by atoms with van der Waals surface area (Å²) in [5.41, 5.74) is 0.188. The summed E-state index contributed by atoms with van der Waals surface area (Å²) in [7, 11) is -0.693. The highest BCUT2D eigenvalue weighted by Gasteiger charge is 2.30. The van der Waals surface area contributed by atoms with E-state index in [4.69, 9.17) is 4.42 Å². The van der Waals surface area contributed by atoms with Crippen LogP contribution < -0.4 is 5.32 Å². The smallest absolute Gasteiger partial charge is 0.273 e. The zero-order valence-electron chi connectivity index (χ0n) is 13.7. The van der Waals surface area contributed by atoms with Crippen molar-refractivity contribution >= 4 is 16.7 Å². The molecule has 1 fully saturated rings. The van der Waals surface area contributed by atoms with Crippen LogP contribution in [0, 0.1) is 0 Å². The van der Waals surface area contributed by atoms with Crippen LogP contribution >= 0.6 is 0 Å². The molecule has 0 atom stereocenters. The predicted molar refractivity (Wildman–Crippen MR) is 86.5 cm³/mol. The van der Waals surface area contributed by atoms with E-state index in [1.807, 2.05) is 13.8 Å². The normalized spacial score (nSPS) is 17.9. The molecule has 124 valence electrons. The quantitative estimate of drug-likeness (QED) is 0.884. The van der Waals surface area contributed by atoms with Gasteiger partial charge in [0.15, 0.2) is 12.1 Å². The first-order chi connectivity index (χ1) is 10.3. The second-order valence-corrected chi connectivity index (χ2v) is 8.25. The SMILES string of the molecule is CC(C)c1ocnc1C(=O)NCC(C)(C)N1CCS(=O)CC1. The van der Waals surface area contributed by atoms with Gasteiger partial charge in [0.25, 0.3) is 5.91 Å². The molecule has 0 radical (unpaired) electrons. The molecule has 6 nitrogen and oxygen atoms in total. The molecule has 22 heavy (non-hydrogen) atoms. The van der Waals surface area contributed by atoms with Crippen molar-refractivity contribution < 1.29 is 13.4 Å². The highest BCUT2D eigenvalue weighted by Crippen LogP contribution is 2.19. The Morgan fingerprint density at radius 3 is 2.68 bits per heavy atom. The standard InChI is InChI=1S/C15H25N3O3S/c1-11(2)13-12(17-10-21-13)14(19)16-9-15(3,4)18-5-7-22(20)8-6-18/h10-11H,5-9H2,1-4H3,(H,16,19). The summed E-state index contributed by atoms with van der Waals surface area (Å²) in [6.07, 6.45) is 1.31. The highest BCUT2D eigenvalue weighted by atomic mass is 32.2. The molecule has 1 aromatic heterocycles. The van der Waals surface area contributed by atoms with Gasteiger partial charge >= 0.3 is 0 Å². The number of carbonyl (C=O) groups is 1. The largest absolute Gasteiger partial charge is 0.447 e. The molecule has 0 aliphatic carbocycles. The molecule has 7 heteroatoms. The monoisotopic (exact) mass is 327 g/mol. The van der Waals surface area contributed by atoms with Gasteiger partial charge in [-0.2, -0.15) is 0 Å². The van der Waals surface area contributed by atoms with E-state index in [1.165, 1.54) is 6.39 Å². The maximum absolute atomic E-state index is 12.3. The van der Waals surface area contributed by atoms with Gasteiger partial charge in [0.2, 0.25) is 0 Å². The number of rotatable bonds is 5. The first kappa shape index (κ1) is 17.1. The van der Waals surface area contributed by atoms with Gasteiger partial charge < -0.3 is 9.73 Å². The van der Waals surface area contributed by atoms with Crippen molar-refractivity contribution in [3.8, 4) is 0 Å². The molecule has 1 aliphatic rings. The topological polar surface area (TPSA) is 75.4 Å². The van der Waals surface area contributed by atoms with Crippen LogP contribution in [0.15, 0.2) is 10.8 Å². The average molecular weight is 327 g/mol. The van der Waals surface area contributed by atoms with Crippen molar-refractivity contribution in [3.63, 3.8) is 0 Å². The number of amides is 1. The van der Waals surface area contributed by atoms with Crippen LogP contribution in [0.2, 0.25) is 0 Å². The Labute approximate surface area is 134 Å². The minimum absolute atomic E-state index is 0.119. The van der Waals surface area contributed by atoms with Gasteiger partial charge in [-0.05, 0) is 13.8 Å². The molecule has 1 aliphatic heterocycles. The van der Waals surface area contributed by atoms with Crippen LogP contribution in [0.4, 0.5) is 0 Å². The van der Waals surface area contributed by atoms with Crippen molar-refractivity contribution in [2.24, 2.45) is 0 Å². The second kappa shape index (κ2) is 6.91. The highest BCUT2D eigenvalue weighted by molar-refractivity contribution is 7.85. The van der Waals surface area contributed by atoms with Crippen molar-refractivity contribution in [2.45, 2.75) is 39.2 Å². The van der Waals surface area contributed by atoms with Crippen LogP contribution in [-0.4, -0.2) is 56.7 Å². The molecule has 0 aromatic carbocycles. The summed E-state index contributed by atoms with van der Waals surface area (Å²) in [4.78, 5) is 18.6. The number of carbonyl (C=O) groups excluding carboxylic acids is 1. The fraction of sp³-hybridized carbons (Fsp3) is 0.733. The molecule has 2 heterocycles. The minimum atomic E-state index is -0.693. The van der Waals surface area contributed by atoms with Gasteiger partial charge in [-0.3, -0.25) is 13.9 Å². The summed E-state index contributed by atoms with van der Waals surface area (Å²) < 4.78 is 16.7. The summed E-state index contributed by atoms with van der Waals surface area (Å²) in [6, 6.07) is 0. The average Bonchev–Trinajstić information content (AvgIpc) is 2.95. The Morgan fingerprint density at radius 1 is 1.45 bits per heavy atom. The summed E-state index contributed by atoms with van der Waals surface area (Å²) in [5, 5.41) is 2.95. The lowest BCUT2D eigenvalue weighted by molar-refractivity contribution is 0.0877. The van der Waals surface area contributed by atoms with E-state index in [2.05, 4.69) is 29.0 Å². The lowest BCUT2D eigenvalue weighted by Crippen LogP contribution is -2.55. The minimum Gasteiger partial charge on any atom is -0.447 e. The number of hydrogen-bond acceptors (Lipinski definition) is 5. The predicted octanol–water partition coefficient (Wildman–Crippen LogP) is 1.37. The van der Waals surface area contributed by atoms with Gasteiger partial charge in [-0.25, -0.2) is 4.98 Å². The Bertz CT molecular complexity index is 544. The maximum Gasteiger partial charge on any atom is 0.273 e. The molecule has 0 unspecified atom stereocenters. The molecule has 0 spiro atoms. The molecule has 1 aromatic rings. The molecular weight excluding hydrogens is 302 g/mol. The van der Waals surface area contributed by atoms with Crippen LogP contribution in [0.1, 0.15) is 49.9 Å². The van der Waals surface area contributed by atoms with Crippen molar-refractivity contribution in [1.82, 2.24) is 15.2 Å². The molecule has 1 amide bonds. The van der Waals surface area contributed by atoms with Crippen LogP contribution in [0.5, 0.6) is 0 Å². The van der Waals surface area contributed by atoms with E-state index in [1.54, 1.807) is 0 Å². The Kier molecular flexibility index (Phi) is 5.39. The van der Waals surface area contributed by atoms with Gasteiger partial charge in [0.1, 0.15) is 5.76 Å². The van der Waals surface area contributed by atoms with Crippen molar-refractivity contribution in [3.05, 3.63) is 17.8 Å². The van der Waals surface area contributed by atoms with Crippen LogP contribution in [0.25, 0.3) is 0 Å². The van der Waals surface area contributed by atoms with Gasteiger partial charge in [-0.15, -0.1) is 0 Å². The summed E-state index contributed by atoms with van der Waals surface area (Å²) in [6.45, 7) is 10.2. The molecule has 1 N–H and O–H groups in total. The number of hydrogen-bond donors (Lipinski definition) is 1. The zero-order valence-corrected chi connectivity index (χ0v) is 14.5. The van der Waals surface area contributed by atoms with Gasteiger partial charge in [0.05, 0.1) is 0 Å². The number of nitrogens with zero attached hydrogens (tertiary/aromatic N) is 2. The number of aromatic nitrogens is 1. The second-order valence-electron chi connectivity index (χ2n) is 6.55. The van der Waals surface area contributed by atoms with E-state index < -0.39 is 10.8 Å². The van der Waals surface area contributed by atoms with Crippen LogP contribution in [-0.2, 0) is 10.8 Å². The molecular formula is C15H25N3O3S. The molecule has 0 saturated carbocycles. The third kappa shape index (κ3) is 3.95. The van der Waals surface area contributed by atoms with E-state index in [-0.39, 0.29) is 17.4 Å². The first-order valence-electron chi connectivity index (χ1n) is 7.63. The van der Waals surface area contributed by atoms with E-state index in [0.717, 1.165) is 13.1 Å².